The van der Waals surface area contributed by atoms with Gasteiger partial charge in [0.05, 0.1) is 11.3 Å². The zero-order valence-electron chi connectivity index (χ0n) is 7.38. The maximum atomic E-state index is 13.0. The van der Waals surface area contributed by atoms with Crippen molar-refractivity contribution in [3.8, 4) is 0 Å². The first-order valence-corrected chi connectivity index (χ1v) is 3.88. The van der Waals surface area contributed by atoms with Crippen LogP contribution in [0.2, 0.25) is 0 Å². The molecule has 0 aromatic carbocycles. The number of hydrogen-bond donors (Lipinski definition) is 2. The van der Waals surface area contributed by atoms with Crippen LogP contribution in [0.1, 0.15) is 28.2 Å². The molecule has 0 radical (unpaired) electrons. The maximum Gasteiger partial charge on any atom is 0.355 e. The molecule has 0 atom stereocenters. The minimum absolute atomic E-state index is 0.350. The first-order valence-electron chi connectivity index (χ1n) is 3.88. The summed E-state index contributed by atoms with van der Waals surface area (Å²) in [4.78, 5) is 13.8. The van der Waals surface area contributed by atoms with Gasteiger partial charge in [-0.2, -0.15) is 0 Å². The van der Waals surface area contributed by atoms with Gasteiger partial charge in [-0.1, -0.05) is 0 Å². The molecule has 82 valence electrons. The number of aromatic nitrogens is 1. The summed E-state index contributed by atoms with van der Waals surface area (Å²) < 4.78 is 37.6. The van der Waals surface area contributed by atoms with E-state index in [1.54, 1.807) is 0 Å². The first-order chi connectivity index (χ1) is 6.97. The van der Waals surface area contributed by atoms with E-state index in [1.165, 1.54) is 0 Å². The third-order valence-electron chi connectivity index (χ3n) is 1.71. The lowest BCUT2D eigenvalue weighted by atomic mass is 10.1. The van der Waals surface area contributed by atoms with Gasteiger partial charge in [-0.15, -0.1) is 0 Å². The first kappa shape index (κ1) is 11.4. The number of nitrogens with zero attached hydrogens (tertiary/aromatic N) is 1. The van der Waals surface area contributed by atoms with E-state index in [1.807, 2.05) is 0 Å². The molecule has 0 aliphatic rings. The highest BCUT2D eigenvalue weighted by Crippen LogP contribution is 2.23. The fourth-order valence-corrected chi connectivity index (χ4v) is 1.02. The van der Waals surface area contributed by atoms with E-state index in [0.717, 1.165) is 0 Å². The number of aromatic carboxylic acids is 1. The number of pyridine rings is 1. The second-order valence-corrected chi connectivity index (χ2v) is 2.66. The quantitative estimate of drug-likeness (QED) is 0.805. The van der Waals surface area contributed by atoms with E-state index in [0.29, 0.717) is 6.07 Å². The van der Waals surface area contributed by atoms with Crippen molar-refractivity contribution in [1.29, 1.82) is 0 Å². The predicted molar refractivity (Wildman–Crippen MR) is 44.0 cm³/mol. The molecule has 15 heavy (non-hydrogen) atoms. The Bertz CT molecular complexity index is 396. The number of nitrogens with two attached hydrogens (primary N) is 1. The van der Waals surface area contributed by atoms with Crippen LogP contribution < -0.4 is 5.73 Å². The van der Waals surface area contributed by atoms with Crippen LogP contribution in [0.5, 0.6) is 0 Å². The molecule has 1 rings (SSSR count). The van der Waals surface area contributed by atoms with Gasteiger partial charge < -0.3 is 10.8 Å². The number of carboxylic acid groups (broad SMARTS) is 1. The minimum Gasteiger partial charge on any atom is -0.476 e. The molecule has 4 nitrogen and oxygen atoms in total. The number of alkyl halides is 2. The molecule has 0 amide bonds. The van der Waals surface area contributed by atoms with Crippen molar-refractivity contribution >= 4 is 5.97 Å². The van der Waals surface area contributed by atoms with E-state index >= 15 is 0 Å². The van der Waals surface area contributed by atoms with Crippen molar-refractivity contribution in [3.63, 3.8) is 0 Å². The van der Waals surface area contributed by atoms with Crippen LogP contribution in [0.3, 0.4) is 0 Å². The molecular formula is C8H7F3N2O2. The van der Waals surface area contributed by atoms with Gasteiger partial charge >= 0.3 is 5.97 Å². The van der Waals surface area contributed by atoms with Gasteiger partial charge in [0, 0.05) is 6.54 Å². The molecule has 0 aliphatic carbocycles. The van der Waals surface area contributed by atoms with Crippen molar-refractivity contribution in [2.45, 2.75) is 13.0 Å². The lowest BCUT2D eigenvalue weighted by molar-refractivity contribution is 0.0676. The van der Waals surface area contributed by atoms with E-state index in [4.69, 9.17) is 10.8 Å². The van der Waals surface area contributed by atoms with Crippen molar-refractivity contribution in [2.24, 2.45) is 5.73 Å². The standard InChI is InChI=1S/C8H7F3N2O2/c9-4-1-3(7(10)11)6(8(14)15)13-5(4)2-12/h1,7H,2,12H2,(H,14,15). The predicted octanol–water partition coefficient (Wildman–Crippen LogP) is 1.32. The van der Waals surface area contributed by atoms with Crippen LogP contribution in [-0.4, -0.2) is 16.1 Å². The van der Waals surface area contributed by atoms with Crippen molar-refractivity contribution < 1.29 is 23.1 Å². The Morgan fingerprint density at radius 2 is 2.20 bits per heavy atom. The van der Waals surface area contributed by atoms with E-state index < -0.39 is 29.5 Å². The Hall–Kier alpha value is -1.63. The number of carbonyl (C=O) groups is 1. The van der Waals surface area contributed by atoms with Gasteiger partial charge in [0.1, 0.15) is 5.82 Å². The third-order valence-corrected chi connectivity index (χ3v) is 1.71. The molecule has 0 saturated heterocycles. The van der Waals surface area contributed by atoms with Gasteiger partial charge in [0.15, 0.2) is 5.69 Å². The summed E-state index contributed by atoms with van der Waals surface area (Å²) in [6.07, 6.45) is -3.09. The Balaban J connectivity index is 3.39. The molecule has 0 aliphatic heterocycles. The number of hydrogen-bond acceptors (Lipinski definition) is 3. The van der Waals surface area contributed by atoms with Gasteiger partial charge in [-0.3, -0.25) is 0 Å². The SMILES string of the molecule is NCc1nc(C(=O)O)c(C(F)F)cc1F. The highest BCUT2D eigenvalue weighted by Gasteiger charge is 2.22. The fraction of sp³-hybridized carbons (Fsp3) is 0.250. The Morgan fingerprint density at radius 1 is 1.60 bits per heavy atom. The van der Waals surface area contributed by atoms with Crippen molar-refractivity contribution in [3.05, 3.63) is 28.8 Å². The zero-order valence-corrected chi connectivity index (χ0v) is 7.38. The normalized spacial score (nSPS) is 10.7. The maximum absolute atomic E-state index is 13.0. The molecule has 1 aromatic heterocycles. The van der Waals surface area contributed by atoms with Gasteiger partial charge in [-0.05, 0) is 6.07 Å². The number of halogens is 3. The number of carboxylic acids is 1. The van der Waals surface area contributed by atoms with Crippen LogP contribution in [-0.2, 0) is 6.54 Å². The fourth-order valence-electron chi connectivity index (χ4n) is 1.02. The van der Waals surface area contributed by atoms with Crippen molar-refractivity contribution in [1.82, 2.24) is 4.98 Å². The van der Waals surface area contributed by atoms with Gasteiger partial charge in [0.2, 0.25) is 0 Å². The van der Waals surface area contributed by atoms with E-state index in [9.17, 15) is 18.0 Å². The van der Waals surface area contributed by atoms with Crippen molar-refractivity contribution in [2.75, 3.05) is 0 Å². The average Bonchev–Trinajstić information content (AvgIpc) is 2.16. The lowest BCUT2D eigenvalue weighted by Gasteiger charge is -2.07. The second kappa shape index (κ2) is 4.26. The molecule has 0 unspecified atom stereocenters. The molecule has 7 heteroatoms. The van der Waals surface area contributed by atoms with Gasteiger partial charge in [-0.25, -0.2) is 22.9 Å². The molecule has 1 heterocycles. The van der Waals surface area contributed by atoms with Crippen LogP contribution in [0.25, 0.3) is 0 Å². The molecule has 3 N–H and O–H groups in total. The highest BCUT2D eigenvalue weighted by atomic mass is 19.3. The Labute approximate surface area is 82.5 Å². The molecule has 0 bridgehead atoms. The van der Waals surface area contributed by atoms with Crippen LogP contribution in [0, 0.1) is 5.82 Å². The van der Waals surface area contributed by atoms with Crippen LogP contribution in [0.15, 0.2) is 6.07 Å². The summed E-state index contributed by atoms with van der Waals surface area (Å²) in [5.74, 6) is -2.67. The van der Waals surface area contributed by atoms with E-state index in [-0.39, 0.29) is 12.2 Å². The molecular weight excluding hydrogens is 213 g/mol. The van der Waals surface area contributed by atoms with Gasteiger partial charge in [0.25, 0.3) is 6.43 Å². The summed E-state index contributed by atoms with van der Waals surface area (Å²) in [5.41, 5.74) is 2.90. The molecule has 0 fully saturated rings. The molecule has 1 aromatic rings. The summed E-state index contributed by atoms with van der Waals surface area (Å²) in [5, 5.41) is 8.57. The topological polar surface area (TPSA) is 76.2 Å². The third kappa shape index (κ3) is 2.24. The zero-order chi connectivity index (χ0) is 11.6. The average molecular weight is 220 g/mol. The largest absolute Gasteiger partial charge is 0.476 e. The van der Waals surface area contributed by atoms with Crippen LogP contribution in [0.4, 0.5) is 13.2 Å². The summed E-state index contributed by atoms with van der Waals surface area (Å²) in [6, 6.07) is 0.448. The lowest BCUT2D eigenvalue weighted by Crippen LogP contribution is -2.12. The molecule has 0 spiro atoms. The Morgan fingerprint density at radius 3 is 2.60 bits per heavy atom. The van der Waals surface area contributed by atoms with E-state index in [2.05, 4.69) is 4.98 Å². The monoisotopic (exact) mass is 220 g/mol. The smallest absolute Gasteiger partial charge is 0.355 e. The molecule has 0 saturated carbocycles. The Kier molecular flexibility index (Phi) is 3.25. The highest BCUT2D eigenvalue weighted by molar-refractivity contribution is 5.87. The van der Waals surface area contributed by atoms with Crippen LogP contribution >= 0.6 is 0 Å². The summed E-state index contributed by atoms with van der Waals surface area (Å²) in [6.45, 7) is -0.352. The minimum atomic E-state index is -3.09. The summed E-state index contributed by atoms with van der Waals surface area (Å²) in [7, 11) is 0. The summed E-state index contributed by atoms with van der Waals surface area (Å²) >= 11 is 0. The number of rotatable bonds is 3. The second-order valence-electron chi connectivity index (χ2n) is 2.66.